The van der Waals surface area contributed by atoms with Crippen molar-refractivity contribution in [3.8, 4) is 0 Å². The molecule has 0 saturated heterocycles. The number of halogens is 4. The summed E-state index contributed by atoms with van der Waals surface area (Å²) < 4.78 is 57.2. The highest BCUT2D eigenvalue weighted by atomic mass is 19.4. The molecule has 108 valence electrons. The average molecular weight is 287 g/mol. The third-order valence-corrected chi connectivity index (χ3v) is 2.87. The highest BCUT2D eigenvalue weighted by molar-refractivity contribution is 5.33. The molecule has 0 aliphatic heterocycles. The van der Waals surface area contributed by atoms with Crippen molar-refractivity contribution >= 4 is 0 Å². The highest BCUT2D eigenvalue weighted by Gasteiger charge is 2.32. The van der Waals surface area contributed by atoms with E-state index in [0.29, 0.717) is 12.3 Å². The van der Waals surface area contributed by atoms with Crippen molar-refractivity contribution in [2.75, 3.05) is 6.54 Å². The van der Waals surface area contributed by atoms with Crippen molar-refractivity contribution in [1.29, 1.82) is 0 Å². The summed E-state index contributed by atoms with van der Waals surface area (Å²) in [5, 5.41) is 2.92. The Balaban J connectivity index is 2.48. The molecule has 6 heteroatoms. The molecule has 2 rings (SSSR count). The maximum atomic E-state index is 13.9. The zero-order valence-corrected chi connectivity index (χ0v) is 10.7. The van der Waals surface area contributed by atoms with Gasteiger partial charge in [-0.05, 0) is 36.9 Å². The lowest BCUT2D eigenvalue weighted by Gasteiger charge is -2.18. The van der Waals surface area contributed by atoms with Crippen LogP contribution in [0.4, 0.5) is 17.6 Å². The normalized spacial score (nSPS) is 13.4. The van der Waals surface area contributed by atoms with E-state index in [9.17, 15) is 17.6 Å². The highest BCUT2D eigenvalue weighted by Crippen LogP contribution is 2.33. The fraction of sp³-hybridized carbons (Fsp3) is 0.286. The summed E-state index contributed by atoms with van der Waals surface area (Å²) in [4.78, 5) is 0. The van der Waals surface area contributed by atoms with Crippen LogP contribution < -0.4 is 5.32 Å². The van der Waals surface area contributed by atoms with E-state index in [1.54, 1.807) is 19.1 Å². The lowest BCUT2D eigenvalue weighted by atomic mass is 10.0. The van der Waals surface area contributed by atoms with Crippen molar-refractivity contribution in [3.63, 3.8) is 0 Å². The maximum Gasteiger partial charge on any atom is 0.416 e. The van der Waals surface area contributed by atoms with Gasteiger partial charge in [-0.1, -0.05) is 6.92 Å². The van der Waals surface area contributed by atoms with E-state index in [0.717, 1.165) is 18.2 Å². The standard InChI is InChI=1S/C14H13F4NO/c1-2-19-13(12-4-3-7-20-12)10-8-9(14(16,17)18)5-6-11(10)15/h3-8,13,19H,2H2,1H3. The second-order valence-electron chi connectivity index (χ2n) is 4.24. The van der Waals surface area contributed by atoms with E-state index in [-0.39, 0.29) is 5.56 Å². The molecule has 20 heavy (non-hydrogen) atoms. The van der Waals surface area contributed by atoms with Gasteiger partial charge in [0.15, 0.2) is 0 Å². The summed E-state index contributed by atoms with van der Waals surface area (Å²) in [7, 11) is 0. The Morgan fingerprint density at radius 1 is 1.25 bits per heavy atom. The van der Waals surface area contributed by atoms with Crippen LogP contribution in [0.3, 0.4) is 0 Å². The molecule has 0 bridgehead atoms. The summed E-state index contributed by atoms with van der Waals surface area (Å²) >= 11 is 0. The van der Waals surface area contributed by atoms with Crippen molar-refractivity contribution < 1.29 is 22.0 Å². The summed E-state index contributed by atoms with van der Waals surface area (Å²) in [6.07, 6.45) is -3.12. The van der Waals surface area contributed by atoms with Crippen molar-refractivity contribution in [2.24, 2.45) is 0 Å². The van der Waals surface area contributed by atoms with E-state index in [2.05, 4.69) is 5.32 Å². The molecule has 1 heterocycles. The van der Waals surface area contributed by atoms with E-state index < -0.39 is 23.6 Å². The second kappa shape index (κ2) is 5.66. The number of hydrogen-bond donors (Lipinski definition) is 1. The number of alkyl halides is 3. The third-order valence-electron chi connectivity index (χ3n) is 2.87. The Morgan fingerprint density at radius 3 is 2.55 bits per heavy atom. The van der Waals surface area contributed by atoms with Crippen molar-refractivity contribution in [2.45, 2.75) is 19.1 Å². The largest absolute Gasteiger partial charge is 0.467 e. The van der Waals surface area contributed by atoms with Crippen LogP contribution in [-0.4, -0.2) is 6.54 Å². The summed E-state index contributed by atoms with van der Waals surface area (Å²) in [5.74, 6) is -0.342. The monoisotopic (exact) mass is 287 g/mol. The summed E-state index contributed by atoms with van der Waals surface area (Å²) in [5.41, 5.74) is -0.972. The van der Waals surface area contributed by atoms with E-state index in [1.807, 2.05) is 0 Å². The molecule has 2 nitrogen and oxygen atoms in total. The Hall–Kier alpha value is -1.82. The molecule has 0 radical (unpaired) electrons. The lowest BCUT2D eigenvalue weighted by molar-refractivity contribution is -0.137. The molecule has 0 saturated carbocycles. The maximum absolute atomic E-state index is 13.9. The van der Waals surface area contributed by atoms with Crippen molar-refractivity contribution in [1.82, 2.24) is 5.32 Å². The summed E-state index contributed by atoms with van der Waals surface area (Å²) in [6, 6.07) is 4.80. The zero-order chi connectivity index (χ0) is 14.8. The van der Waals surface area contributed by atoms with Gasteiger partial charge in [-0.2, -0.15) is 13.2 Å². The molecule has 2 aromatic rings. The molecule has 1 N–H and O–H groups in total. The number of benzene rings is 1. The van der Waals surface area contributed by atoms with Crippen LogP contribution in [0.15, 0.2) is 41.0 Å². The molecule has 1 aromatic carbocycles. The van der Waals surface area contributed by atoms with Crippen LogP contribution in [0.2, 0.25) is 0 Å². The molecule has 0 fully saturated rings. The minimum absolute atomic E-state index is 0.0865. The topological polar surface area (TPSA) is 25.2 Å². The van der Waals surface area contributed by atoms with Gasteiger partial charge < -0.3 is 9.73 Å². The first-order chi connectivity index (χ1) is 9.43. The molecular weight excluding hydrogens is 274 g/mol. The molecule has 0 amide bonds. The number of nitrogens with one attached hydrogen (secondary N) is 1. The fourth-order valence-corrected chi connectivity index (χ4v) is 1.96. The van der Waals surface area contributed by atoms with Gasteiger partial charge in [0.2, 0.25) is 0 Å². The molecule has 0 aliphatic carbocycles. The van der Waals surface area contributed by atoms with Gasteiger partial charge in [0, 0.05) is 5.56 Å². The van der Waals surface area contributed by atoms with Gasteiger partial charge >= 0.3 is 6.18 Å². The van der Waals surface area contributed by atoms with Crippen molar-refractivity contribution in [3.05, 3.63) is 59.3 Å². The smallest absolute Gasteiger partial charge is 0.416 e. The van der Waals surface area contributed by atoms with Crippen LogP contribution in [0.5, 0.6) is 0 Å². The predicted molar refractivity (Wildman–Crippen MR) is 65.6 cm³/mol. The Labute approximate surface area is 113 Å². The quantitative estimate of drug-likeness (QED) is 0.855. The Kier molecular flexibility index (Phi) is 4.13. The second-order valence-corrected chi connectivity index (χ2v) is 4.24. The average Bonchev–Trinajstić information content (AvgIpc) is 2.89. The third kappa shape index (κ3) is 3.01. The van der Waals surface area contributed by atoms with Crippen LogP contribution in [0, 0.1) is 5.82 Å². The van der Waals surface area contributed by atoms with Gasteiger partial charge in [0.05, 0.1) is 17.9 Å². The van der Waals surface area contributed by atoms with E-state index >= 15 is 0 Å². The van der Waals surface area contributed by atoms with Crippen LogP contribution >= 0.6 is 0 Å². The van der Waals surface area contributed by atoms with Gasteiger partial charge in [-0.15, -0.1) is 0 Å². The van der Waals surface area contributed by atoms with Gasteiger partial charge in [0.1, 0.15) is 11.6 Å². The molecule has 0 aliphatic rings. The van der Waals surface area contributed by atoms with Crippen LogP contribution in [-0.2, 0) is 6.18 Å². The molecule has 0 spiro atoms. The minimum Gasteiger partial charge on any atom is -0.467 e. The van der Waals surface area contributed by atoms with Crippen LogP contribution in [0.25, 0.3) is 0 Å². The number of rotatable bonds is 4. The van der Waals surface area contributed by atoms with E-state index in [4.69, 9.17) is 4.42 Å². The van der Waals surface area contributed by atoms with Gasteiger partial charge in [0.25, 0.3) is 0 Å². The van der Waals surface area contributed by atoms with E-state index in [1.165, 1.54) is 6.26 Å². The zero-order valence-electron chi connectivity index (χ0n) is 10.7. The lowest BCUT2D eigenvalue weighted by Crippen LogP contribution is -2.23. The molecular formula is C14H13F4NO. The first kappa shape index (κ1) is 14.6. The number of furan rings is 1. The Morgan fingerprint density at radius 2 is 2.00 bits per heavy atom. The van der Waals surface area contributed by atoms with Gasteiger partial charge in [-0.25, -0.2) is 4.39 Å². The Bertz CT molecular complexity index is 563. The van der Waals surface area contributed by atoms with Crippen LogP contribution in [0.1, 0.15) is 29.9 Å². The fourth-order valence-electron chi connectivity index (χ4n) is 1.96. The minimum atomic E-state index is -4.51. The molecule has 1 aromatic heterocycles. The van der Waals surface area contributed by atoms with Gasteiger partial charge in [-0.3, -0.25) is 0 Å². The summed E-state index contributed by atoms with van der Waals surface area (Å²) in [6.45, 7) is 2.24. The predicted octanol–water partition coefficient (Wildman–Crippen LogP) is 4.14. The first-order valence-electron chi connectivity index (χ1n) is 6.07. The molecule has 1 unspecified atom stereocenters. The first-order valence-corrected chi connectivity index (χ1v) is 6.07. The molecule has 1 atom stereocenters. The number of hydrogen-bond acceptors (Lipinski definition) is 2. The SMILES string of the molecule is CCNC(c1ccco1)c1cc(C(F)(F)F)ccc1F.